The predicted octanol–water partition coefficient (Wildman–Crippen LogP) is 1.44. The molecule has 0 bridgehead atoms. The molecule has 0 amide bonds. The van der Waals surface area contributed by atoms with E-state index >= 15 is 0 Å². The fraction of sp³-hybridized carbons (Fsp3) is 0.467. The van der Waals surface area contributed by atoms with Crippen LogP contribution in [-0.2, 0) is 19.2 Å². The van der Waals surface area contributed by atoms with Crippen molar-refractivity contribution in [1.29, 1.82) is 0 Å². The normalized spacial score (nSPS) is 18.8. The first-order valence-corrected chi connectivity index (χ1v) is 7.11. The summed E-state index contributed by atoms with van der Waals surface area (Å²) in [5.74, 6) is -0.569. The summed E-state index contributed by atoms with van der Waals surface area (Å²) < 4.78 is 15.6. The van der Waals surface area contributed by atoms with E-state index in [4.69, 9.17) is 0 Å². The van der Waals surface area contributed by atoms with Crippen molar-refractivity contribution in [1.82, 2.24) is 19.7 Å². The molecule has 21 heavy (non-hydrogen) atoms. The summed E-state index contributed by atoms with van der Waals surface area (Å²) in [4.78, 5) is 5.89. The number of nitrogens with zero attached hydrogens (tertiary/aromatic N) is 4. The fourth-order valence-corrected chi connectivity index (χ4v) is 2.87. The summed E-state index contributed by atoms with van der Waals surface area (Å²) >= 11 is 0. The lowest BCUT2D eigenvalue weighted by molar-refractivity contribution is -0.0312. The maximum atomic E-state index is 13.8. The van der Waals surface area contributed by atoms with Crippen LogP contribution in [0.3, 0.4) is 0 Å². The van der Waals surface area contributed by atoms with Crippen LogP contribution in [0.15, 0.2) is 30.6 Å². The van der Waals surface area contributed by atoms with Crippen molar-refractivity contribution in [2.75, 3.05) is 13.1 Å². The molecule has 2 aromatic heterocycles. The average Bonchev–Trinajstić information content (AvgIpc) is 2.87. The van der Waals surface area contributed by atoms with E-state index in [0.717, 1.165) is 25.3 Å². The van der Waals surface area contributed by atoms with Crippen molar-refractivity contribution in [3.63, 3.8) is 0 Å². The first-order chi connectivity index (χ1) is 10.1. The number of rotatable bonds is 3. The zero-order chi connectivity index (χ0) is 14.9. The molecule has 0 aliphatic carbocycles. The molecule has 5 nitrogen and oxygen atoms in total. The molecular weight excluding hydrogens is 271 g/mol. The molecule has 6 heteroatoms. The first-order valence-electron chi connectivity index (χ1n) is 7.11. The van der Waals surface area contributed by atoms with Gasteiger partial charge in [0.15, 0.2) is 0 Å². The minimum Gasteiger partial charge on any atom is -0.385 e. The lowest BCUT2D eigenvalue weighted by atomic mass is 9.85. The topological polar surface area (TPSA) is 54.2 Å². The molecular formula is C15H19FN4O. The van der Waals surface area contributed by atoms with E-state index in [2.05, 4.69) is 15.0 Å². The van der Waals surface area contributed by atoms with Crippen molar-refractivity contribution in [3.8, 4) is 0 Å². The Bertz CT molecular complexity index is 620. The molecule has 1 aliphatic rings. The largest absolute Gasteiger partial charge is 0.385 e. The Labute approximate surface area is 123 Å². The SMILES string of the molecule is Cn1nccc1CN1CCC(O)(c2cccnc2F)CC1. The quantitative estimate of drug-likeness (QED) is 0.869. The van der Waals surface area contributed by atoms with E-state index < -0.39 is 11.5 Å². The van der Waals surface area contributed by atoms with Gasteiger partial charge in [0.2, 0.25) is 5.95 Å². The van der Waals surface area contributed by atoms with Gasteiger partial charge in [0.1, 0.15) is 0 Å². The molecule has 0 radical (unpaired) electrons. The number of pyridine rings is 1. The molecule has 0 unspecified atom stereocenters. The van der Waals surface area contributed by atoms with Crippen molar-refractivity contribution >= 4 is 0 Å². The van der Waals surface area contributed by atoms with Gasteiger partial charge >= 0.3 is 0 Å². The summed E-state index contributed by atoms with van der Waals surface area (Å²) in [5, 5.41) is 14.9. The number of aryl methyl sites for hydroxylation is 1. The Hall–Kier alpha value is -1.79. The summed E-state index contributed by atoms with van der Waals surface area (Å²) in [6.07, 6.45) is 4.20. The van der Waals surface area contributed by atoms with E-state index in [9.17, 15) is 9.50 Å². The fourth-order valence-electron chi connectivity index (χ4n) is 2.87. The number of halogens is 1. The molecule has 0 aromatic carbocycles. The Morgan fingerprint density at radius 2 is 2.05 bits per heavy atom. The molecule has 1 saturated heterocycles. The van der Waals surface area contributed by atoms with Gasteiger partial charge in [-0.3, -0.25) is 9.58 Å². The number of likely N-dealkylation sites (tertiary alicyclic amines) is 1. The number of hydrogen-bond acceptors (Lipinski definition) is 4. The van der Waals surface area contributed by atoms with Gasteiger partial charge in [-0.25, -0.2) is 4.98 Å². The Morgan fingerprint density at radius 3 is 2.67 bits per heavy atom. The number of aromatic nitrogens is 3. The monoisotopic (exact) mass is 290 g/mol. The zero-order valence-electron chi connectivity index (χ0n) is 12.0. The van der Waals surface area contributed by atoms with Crippen molar-refractivity contribution in [2.45, 2.75) is 25.0 Å². The van der Waals surface area contributed by atoms with Gasteiger partial charge in [0.05, 0.1) is 11.3 Å². The van der Waals surface area contributed by atoms with E-state index in [1.54, 1.807) is 18.3 Å². The number of hydrogen-bond donors (Lipinski definition) is 1. The second-order valence-electron chi connectivity index (χ2n) is 5.60. The van der Waals surface area contributed by atoms with Gasteiger partial charge in [0, 0.05) is 44.6 Å². The van der Waals surface area contributed by atoms with Crippen molar-refractivity contribution in [2.24, 2.45) is 7.05 Å². The maximum absolute atomic E-state index is 13.8. The number of piperidine rings is 1. The summed E-state index contributed by atoms with van der Waals surface area (Å²) in [5.41, 5.74) is 0.333. The van der Waals surface area contributed by atoms with Crippen LogP contribution in [-0.4, -0.2) is 37.9 Å². The van der Waals surface area contributed by atoms with E-state index in [1.807, 2.05) is 17.8 Å². The highest BCUT2D eigenvalue weighted by molar-refractivity contribution is 5.20. The molecule has 2 aromatic rings. The third-order valence-electron chi connectivity index (χ3n) is 4.25. The van der Waals surface area contributed by atoms with Crippen LogP contribution in [0.5, 0.6) is 0 Å². The van der Waals surface area contributed by atoms with Gasteiger partial charge in [0.25, 0.3) is 0 Å². The van der Waals surface area contributed by atoms with Crippen LogP contribution in [0, 0.1) is 5.95 Å². The van der Waals surface area contributed by atoms with Crippen LogP contribution in [0.2, 0.25) is 0 Å². The predicted molar refractivity (Wildman–Crippen MR) is 75.8 cm³/mol. The van der Waals surface area contributed by atoms with Gasteiger partial charge in [-0.1, -0.05) is 6.07 Å². The van der Waals surface area contributed by atoms with Crippen LogP contribution in [0.4, 0.5) is 4.39 Å². The van der Waals surface area contributed by atoms with Crippen LogP contribution < -0.4 is 0 Å². The van der Waals surface area contributed by atoms with Crippen molar-refractivity contribution < 1.29 is 9.50 Å². The lowest BCUT2D eigenvalue weighted by Gasteiger charge is -2.38. The van der Waals surface area contributed by atoms with Gasteiger partial charge < -0.3 is 5.11 Å². The van der Waals surface area contributed by atoms with E-state index in [1.165, 1.54) is 6.20 Å². The second kappa shape index (κ2) is 5.54. The summed E-state index contributed by atoms with van der Waals surface area (Å²) in [6, 6.07) is 5.28. The van der Waals surface area contributed by atoms with Gasteiger partial charge in [-0.2, -0.15) is 9.49 Å². The van der Waals surface area contributed by atoms with Gasteiger partial charge in [-0.05, 0) is 25.0 Å². The van der Waals surface area contributed by atoms with E-state index in [0.29, 0.717) is 18.4 Å². The Kier molecular flexibility index (Phi) is 3.73. The highest BCUT2D eigenvalue weighted by Crippen LogP contribution is 2.34. The minimum absolute atomic E-state index is 0.310. The zero-order valence-corrected chi connectivity index (χ0v) is 12.0. The molecule has 0 atom stereocenters. The molecule has 3 rings (SSSR count). The summed E-state index contributed by atoms with van der Waals surface area (Å²) in [6.45, 7) is 2.23. The molecule has 0 spiro atoms. The smallest absolute Gasteiger partial charge is 0.218 e. The molecule has 3 heterocycles. The lowest BCUT2D eigenvalue weighted by Crippen LogP contribution is -2.43. The van der Waals surface area contributed by atoms with Gasteiger partial charge in [-0.15, -0.1) is 0 Å². The highest BCUT2D eigenvalue weighted by Gasteiger charge is 2.36. The Morgan fingerprint density at radius 1 is 1.29 bits per heavy atom. The standard InChI is InChI=1S/C15H19FN4O/c1-19-12(4-8-18-19)11-20-9-5-15(21,6-10-20)13-3-2-7-17-14(13)16/h2-4,7-8,21H,5-6,9-11H2,1H3. The highest BCUT2D eigenvalue weighted by atomic mass is 19.1. The molecule has 1 aliphatic heterocycles. The van der Waals surface area contributed by atoms with Crippen LogP contribution in [0.25, 0.3) is 0 Å². The Balaban J connectivity index is 1.67. The van der Waals surface area contributed by atoms with E-state index in [-0.39, 0.29) is 0 Å². The third kappa shape index (κ3) is 2.82. The number of aliphatic hydroxyl groups is 1. The maximum Gasteiger partial charge on any atom is 0.218 e. The molecule has 1 N–H and O–H groups in total. The average molecular weight is 290 g/mol. The van der Waals surface area contributed by atoms with Crippen LogP contribution in [0.1, 0.15) is 24.1 Å². The minimum atomic E-state index is -1.11. The summed E-state index contributed by atoms with van der Waals surface area (Å²) in [7, 11) is 1.92. The third-order valence-corrected chi connectivity index (χ3v) is 4.25. The van der Waals surface area contributed by atoms with Crippen LogP contribution >= 0.6 is 0 Å². The molecule has 112 valence electrons. The van der Waals surface area contributed by atoms with Crippen molar-refractivity contribution in [3.05, 3.63) is 47.8 Å². The second-order valence-corrected chi connectivity index (χ2v) is 5.60. The molecule has 0 saturated carbocycles. The molecule has 1 fully saturated rings. The first kappa shape index (κ1) is 14.2.